The maximum Gasteiger partial charge on any atom is 0.0539 e. The predicted octanol–water partition coefficient (Wildman–Crippen LogP) is 7.06. The first-order valence-corrected chi connectivity index (χ1v) is 8.62. The molecule has 0 aromatic heterocycles. The molecule has 0 fully saturated rings. The fraction of sp³-hybridized carbons (Fsp3) is 0.0400. The summed E-state index contributed by atoms with van der Waals surface area (Å²) in [5, 5.41) is 0. The third kappa shape index (κ3) is 4.40. The van der Waals surface area contributed by atoms with Crippen molar-refractivity contribution in [2.75, 3.05) is 4.90 Å². The second kappa shape index (κ2) is 9.85. The van der Waals surface area contributed by atoms with Gasteiger partial charge in [-0.3, -0.25) is 0 Å². The van der Waals surface area contributed by atoms with Gasteiger partial charge < -0.3 is 4.90 Å². The number of nitrogens with zero attached hydrogens (tertiary/aromatic N) is 1. The first-order valence-electron chi connectivity index (χ1n) is 8.62. The minimum Gasteiger partial charge on any atom is -0.310 e. The van der Waals surface area contributed by atoms with Crippen molar-refractivity contribution in [1.82, 2.24) is 0 Å². The van der Waals surface area contributed by atoms with E-state index in [-0.39, 0.29) is 0 Å². The van der Waals surface area contributed by atoms with Crippen LogP contribution < -0.4 is 4.90 Å². The standard InChI is InChI=1S/C25H25N/c1-5-9-18-23(8-4)26(22(7-3)15-6-2)25-20-14-13-19-24(25)21-16-11-10-12-17-21/h5-20H,1-3H2,4H3/b18-9-,22-15+,23-8+. The number of rotatable bonds is 8. The zero-order chi connectivity index (χ0) is 18.8. The number of anilines is 1. The fourth-order valence-electron chi connectivity index (χ4n) is 2.78. The molecular formula is C25H25N. The van der Waals surface area contributed by atoms with Gasteiger partial charge in [0.2, 0.25) is 0 Å². The van der Waals surface area contributed by atoms with Crippen molar-refractivity contribution in [2.24, 2.45) is 0 Å². The first kappa shape index (κ1) is 19.0. The Morgan fingerprint density at radius 1 is 0.846 bits per heavy atom. The number of benzene rings is 2. The van der Waals surface area contributed by atoms with Crippen LogP contribution in [0, 0.1) is 0 Å². The molecule has 0 aliphatic heterocycles. The average Bonchev–Trinajstić information content (AvgIpc) is 2.70. The van der Waals surface area contributed by atoms with E-state index in [0.29, 0.717) is 0 Å². The van der Waals surface area contributed by atoms with Crippen molar-refractivity contribution in [1.29, 1.82) is 0 Å². The highest BCUT2D eigenvalue weighted by Gasteiger charge is 2.16. The SMILES string of the molecule is C=C/C=C\C(=C/C)N(/C(C=C)=C/C=C)c1ccccc1-c1ccccc1. The molecule has 0 aliphatic rings. The van der Waals surface area contributed by atoms with Crippen LogP contribution >= 0.6 is 0 Å². The molecule has 0 radical (unpaired) electrons. The van der Waals surface area contributed by atoms with Gasteiger partial charge >= 0.3 is 0 Å². The Balaban J connectivity index is 2.73. The lowest BCUT2D eigenvalue weighted by Gasteiger charge is -2.29. The molecule has 0 heterocycles. The van der Waals surface area contributed by atoms with Crippen molar-refractivity contribution in [3.8, 4) is 11.1 Å². The zero-order valence-electron chi connectivity index (χ0n) is 15.3. The van der Waals surface area contributed by atoms with Crippen LogP contribution in [-0.2, 0) is 0 Å². The van der Waals surface area contributed by atoms with E-state index in [4.69, 9.17) is 0 Å². The van der Waals surface area contributed by atoms with Crippen LogP contribution in [-0.4, -0.2) is 0 Å². The van der Waals surface area contributed by atoms with Crippen LogP contribution in [0.3, 0.4) is 0 Å². The first-order chi connectivity index (χ1) is 12.8. The van der Waals surface area contributed by atoms with Gasteiger partial charge in [0, 0.05) is 17.0 Å². The van der Waals surface area contributed by atoms with Crippen molar-refractivity contribution >= 4 is 5.69 Å². The molecule has 0 aliphatic carbocycles. The molecule has 0 amide bonds. The molecule has 0 spiro atoms. The van der Waals surface area contributed by atoms with Crippen molar-refractivity contribution < 1.29 is 0 Å². The van der Waals surface area contributed by atoms with E-state index in [1.807, 2.05) is 43.4 Å². The zero-order valence-corrected chi connectivity index (χ0v) is 15.3. The summed E-state index contributed by atoms with van der Waals surface area (Å²) in [4.78, 5) is 2.18. The molecule has 26 heavy (non-hydrogen) atoms. The largest absolute Gasteiger partial charge is 0.310 e. The smallest absolute Gasteiger partial charge is 0.0539 e. The Morgan fingerprint density at radius 2 is 1.54 bits per heavy atom. The second-order valence-electron chi connectivity index (χ2n) is 5.56. The maximum atomic E-state index is 4.00. The van der Waals surface area contributed by atoms with E-state index >= 15 is 0 Å². The number of para-hydroxylation sites is 1. The molecule has 2 aromatic rings. The quantitative estimate of drug-likeness (QED) is 0.465. The number of hydrogen-bond donors (Lipinski definition) is 0. The molecule has 1 nitrogen and oxygen atoms in total. The summed E-state index contributed by atoms with van der Waals surface area (Å²) in [6.45, 7) is 13.6. The molecule has 0 bridgehead atoms. The monoisotopic (exact) mass is 339 g/mol. The molecule has 2 aromatic carbocycles. The Hall–Kier alpha value is -3.32. The van der Waals surface area contributed by atoms with Crippen LogP contribution in [0.2, 0.25) is 0 Å². The van der Waals surface area contributed by atoms with Crippen LogP contribution in [0.25, 0.3) is 11.1 Å². The molecule has 0 N–H and O–H groups in total. The van der Waals surface area contributed by atoms with Gasteiger partial charge in [0.05, 0.1) is 5.69 Å². The molecule has 0 saturated heterocycles. The Bertz CT molecular complexity index is 851. The molecule has 0 saturated carbocycles. The van der Waals surface area contributed by atoms with Gasteiger partial charge in [-0.1, -0.05) is 92.6 Å². The Kier molecular flexibility index (Phi) is 7.20. The van der Waals surface area contributed by atoms with Crippen molar-refractivity contribution in [3.05, 3.63) is 128 Å². The van der Waals surface area contributed by atoms with Gasteiger partial charge in [0.15, 0.2) is 0 Å². The normalized spacial score (nSPS) is 12.0. The van der Waals surface area contributed by atoms with E-state index in [2.05, 4.69) is 73.2 Å². The molecule has 1 heteroatoms. The molecule has 0 atom stereocenters. The van der Waals surface area contributed by atoms with Crippen molar-refractivity contribution in [3.63, 3.8) is 0 Å². The number of allylic oxidation sites excluding steroid dienone is 7. The fourth-order valence-corrected chi connectivity index (χ4v) is 2.78. The van der Waals surface area contributed by atoms with Gasteiger partial charge in [-0.15, -0.1) is 0 Å². The van der Waals surface area contributed by atoms with E-state index in [9.17, 15) is 0 Å². The van der Waals surface area contributed by atoms with E-state index < -0.39 is 0 Å². The molecule has 2 rings (SSSR count). The highest BCUT2D eigenvalue weighted by Crippen LogP contribution is 2.35. The van der Waals surface area contributed by atoms with E-state index in [1.165, 1.54) is 5.56 Å². The van der Waals surface area contributed by atoms with Crippen LogP contribution in [0.5, 0.6) is 0 Å². The minimum absolute atomic E-state index is 0.949. The van der Waals surface area contributed by atoms with E-state index in [1.54, 1.807) is 12.2 Å². The van der Waals surface area contributed by atoms with Gasteiger partial charge in [0.1, 0.15) is 0 Å². The summed E-state index contributed by atoms with van der Waals surface area (Å²) in [6.07, 6.45) is 13.4. The van der Waals surface area contributed by atoms with Gasteiger partial charge in [-0.25, -0.2) is 0 Å². The third-order valence-corrected chi connectivity index (χ3v) is 3.94. The maximum absolute atomic E-state index is 4.00. The third-order valence-electron chi connectivity index (χ3n) is 3.94. The summed E-state index contributed by atoms with van der Waals surface area (Å²) in [5.41, 5.74) is 5.37. The summed E-state index contributed by atoms with van der Waals surface area (Å²) in [7, 11) is 0. The van der Waals surface area contributed by atoms with E-state index in [0.717, 1.165) is 22.6 Å². The number of hydrogen-bond acceptors (Lipinski definition) is 1. The lowest BCUT2D eigenvalue weighted by atomic mass is 10.0. The van der Waals surface area contributed by atoms with Crippen LogP contribution in [0.4, 0.5) is 5.69 Å². The predicted molar refractivity (Wildman–Crippen MR) is 116 cm³/mol. The van der Waals surface area contributed by atoms with Crippen LogP contribution in [0.1, 0.15) is 6.92 Å². The average molecular weight is 339 g/mol. The summed E-state index contributed by atoms with van der Waals surface area (Å²) < 4.78 is 0. The molecule has 130 valence electrons. The molecular weight excluding hydrogens is 314 g/mol. The van der Waals surface area contributed by atoms with Gasteiger partial charge in [0.25, 0.3) is 0 Å². The highest BCUT2D eigenvalue weighted by atomic mass is 15.2. The van der Waals surface area contributed by atoms with Crippen LogP contribution in [0.15, 0.2) is 128 Å². The molecule has 0 unspecified atom stereocenters. The lowest BCUT2D eigenvalue weighted by molar-refractivity contribution is 1.14. The topological polar surface area (TPSA) is 3.24 Å². The summed E-state index contributed by atoms with van der Waals surface area (Å²) in [6, 6.07) is 18.7. The van der Waals surface area contributed by atoms with Gasteiger partial charge in [-0.05, 0) is 36.8 Å². The summed E-state index contributed by atoms with van der Waals surface area (Å²) >= 11 is 0. The Labute approximate surface area is 157 Å². The minimum atomic E-state index is 0.949. The van der Waals surface area contributed by atoms with Crippen molar-refractivity contribution in [2.45, 2.75) is 6.92 Å². The second-order valence-corrected chi connectivity index (χ2v) is 5.56. The lowest BCUT2D eigenvalue weighted by Crippen LogP contribution is -2.20. The Morgan fingerprint density at radius 3 is 2.15 bits per heavy atom. The summed E-state index contributed by atoms with van der Waals surface area (Å²) in [5.74, 6) is 0. The highest BCUT2D eigenvalue weighted by molar-refractivity contribution is 5.82. The van der Waals surface area contributed by atoms with Gasteiger partial charge in [-0.2, -0.15) is 0 Å².